The molecule has 0 spiro atoms. The van der Waals surface area contributed by atoms with E-state index in [0.29, 0.717) is 0 Å². The molecule has 0 heterocycles. The number of hydrogen-bond donors (Lipinski definition) is 2. The number of hydrazine groups is 1. The maximum Gasteiger partial charge on any atom is 0.0493 e. The summed E-state index contributed by atoms with van der Waals surface area (Å²) in [7, 11) is 1.76. The zero-order valence-corrected chi connectivity index (χ0v) is 6.47. The summed E-state index contributed by atoms with van der Waals surface area (Å²) in [5.41, 5.74) is 2.70. The molecule has 60 valence electrons. The van der Waals surface area contributed by atoms with Gasteiger partial charge in [-0.3, -0.25) is 11.3 Å². The first-order valence-corrected chi connectivity index (χ1v) is 3.81. The lowest BCUT2D eigenvalue weighted by Crippen LogP contribution is -2.39. The molecule has 1 rings (SSSR count). The zero-order chi connectivity index (χ0) is 7.40. The number of rotatable bonds is 4. The van der Waals surface area contributed by atoms with Crippen molar-refractivity contribution in [1.82, 2.24) is 5.43 Å². The fourth-order valence-corrected chi connectivity index (χ4v) is 1.49. The fraction of sp³-hybridized carbons (Fsp3) is 1.00. The van der Waals surface area contributed by atoms with Crippen LogP contribution in [-0.4, -0.2) is 20.3 Å². The Kier molecular flexibility index (Phi) is 3.12. The largest absolute Gasteiger partial charge is 0.384 e. The molecule has 1 saturated carbocycles. The van der Waals surface area contributed by atoms with E-state index in [1.165, 1.54) is 12.8 Å². The summed E-state index contributed by atoms with van der Waals surface area (Å²) in [6.07, 6.45) is 2.61. The Labute approximate surface area is 61.9 Å². The van der Waals surface area contributed by atoms with Gasteiger partial charge in [0.1, 0.15) is 0 Å². The average molecular weight is 144 g/mol. The van der Waals surface area contributed by atoms with Crippen LogP contribution in [0.2, 0.25) is 0 Å². The third-order valence-electron chi connectivity index (χ3n) is 2.34. The molecule has 0 saturated heterocycles. The van der Waals surface area contributed by atoms with Crippen molar-refractivity contribution in [2.75, 3.05) is 20.3 Å². The van der Waals surface area contributed by atoms with Crippen molar-refractivity contribution in [2.45, 2.75) is 12.8 Å². The van der Waals surface area contributed by atoms with E-state index in [0.717, 1.165) is 25.0 Å². The average Bonchev–Trinajstić information content (AvgIpc) is 1.93. The van der Waals surface area contributed by atoms with Crippen LogP contribution in [-0.2, 0) is 4.74 Å². The minimum absolute atomic E-state index is 0.751. The minimum atomic E-state index is 0.751. The molecular formula is C7H16N2O. The summed E-state index contributed by atoms with van der Waals surface area (Å²) < 4.78 is 5.05. The molecule has 0 aromatic carbocycles. The predicted octanol–water partition coefficient (Wildman–Crippen LogP) is 0.122. The van der Waals surface area contributed by atoms with Gasteiger partial charge in [0.05, 0.1) is 0 Å². The highest BCUT2D eigenvalue weighted by molar-refractivity contribution is 4.81. The first kappa shape index (κ1) is 7.98. The standard InChI is InChI=1S/C7H16N2O/c1-10-5-7-3-2-6(7)4-9-8/h6-7,9H,2-5,8H2,1H3/t6-,7+/m1/s1. The smallest absolute Gasteiger partial charge is 0.0493 e. The number of methoxy groups -OCH3 is 1. The van der Waals surface area contributed by atoms with Gasteiger partial charge in [0.2, 0.25) is 0 Å². The first-order valence-electron chi connectivity index (χ1n) is 3.81. The van der Waals surface area contributed by atoms with Crippen LogP contribution in [0, 0.1) is 11.8 Å². The summed E-state index contributed by atoms with van der Waals surface area (Å²) in [6, 6.07) is 0. The molecule has 0 aromatic rings. The van der Waals surface area contributed by atoms with Crippen LogP contribution in [0.5, 0.6) is 0 Å². The van der Waals surface area contributed by atoms with E-state index in [1.807, 2.05) is 0 Å². The van der Waals surface area contributed by atoms with Crippen molar-refractivity contribution < 1.29 is 4.74 Å². The second-order valence-electron chi connectivity index (χ2n) is 2.96. The molecule has 1 fully saturated rings. The van der Waals surface area contributed by atoms with E-state index in [9.17, 15) is 0 Å². The number of nitrogens with two attached hydrogens (primary N) is 1. The van der Waals surface area contributed by atoms with Gasteiger partial charge in [-0.1, -0.05) is 0 Å². The summed E-state index contributed by atoms with van der Waals surface area (Å²) in [5, 5.41) is 0. The minimum Gasteiger partial charge on any atom is -0.384 e. The lowest BCUT2D eigenvalue weighted by Gasteiger charge is -2.35. The van der Waals surface area contributed by atoms with Crippen LogP contribution < -0.4 is 11.3 Å². The van der Waals surface area contributed by atoms with E-state index in [2.05, 4.69) is 5.43 Å². The van der Waals surface area contributed by atoms with Gasteiger partial charge >= 0.3 is 0 Å². The van der Waals surface area contributed by atoms with Crippen molar-refractivity contribution in [2.24, 2.45) is 17.7 Å². The predicted molar refractivity (Wildman–Crippen MR) is 40.3 cm³/mol. The van der Waals surface area contributed by atoms with Crippen LogP contribution in [0.4, 0.5) is 0 Å². The quantitative estimate of drug-likeness (QED) is 0.435. The Balaban J connectivity index is 2.09. The molecule has 1 aliphatic carbocycles. The lowest BCUT2D eigenvalue weighted by molar-refractivity contribution is 0.0598. The molecule has 3 N–H and O–H groups in total. The summed E-state index contributed by atoms with van der Waals surface area (Å²) in [5.74, 6) is 6.71. The summed E-state index contributed by atoms with van der Waals surface area (Å²) in [6.45, 7) is 1.83. The van der Waals surface area contributed by atoms with Gasteiger partial charge in [0.15, 0.2) is 0 Å². The molecule has 3 nitrogen and oxygen atoms in total. The fourth-order valence-electron chi connectivity index (χ4n) is 1.49. The summed E-state index contributed by atoms with van der Waals surface area (Å²) in [4.78, 5) is 0. The van der Waals surface area contributed by atoms with E-state index in [-0.39, 0.29) is 0 Å². The van der Waals surface area contributed by atoms with Crippen molar-refractivity contribution in [3.8, 4) is 0 Å². The molecule has 0 aromatic heterocycles. The molecule has 0 amide bonds. The third-order valence-corrected chi connectivity index (χ3v) is 2.34. The van der Waals surface area contributed by atoms with Crippen molar-refractivity contribution in [3.05, 3.63) is 0 Å². The van der Waals surface area contributed by atoms with Gasteiger partial charge in [0.25, 0.3) is 0 Å². The second kappa shape index (κ2) is 3.91. The van der Waals surface area contributed by atoms with Crippen LogP contribution in [0.1, 0.15) is 12.8 Å². The second-order valence-corrected chi connectivity index (χ2v) is 2.96. The van der Waals surface area contributed by atoms with Crippen LogP contribution in [0.15, 0.2) is 0 Å². The lowest BCUT2D eigenvalue weighted by atomic mass is 9.74. The Morgan fingerprint density at radius 3 is 2.60 bits per heavy atom. The normalized spacial score (nSPS) is 31.8. The highest BCUT2D eigenvalue weighted by Gasteiger charge is 2.29. The number of hydrogen-bond acceptors (Lipinski definition) is 3. The molecule has 0 radical (unpaired) electrons. The molecule has 2 atom stereocenters. The number of nitrogens with one attached hydrogen (secondary N) is 1. The van der Waals surface area contributed by atoms with Gasteiger partial charge in [-0.2, -0.15) is 0 Å². The van der Waals surface area contributed by atoms with Gasteiger partial charge in [-0.25, -0.2) is 0 Å². The monoisotopic (exact) mass is 144 g/mol. The third kappa shape index (κ3) is 1.68. The SMILES string of the molecule is COC[C@@H]1CC[C@@H]1CNN. The Hall–Kier alpha value is -0.120. The molecular weight excluding hydrogens is 128 g/mol. The highest BCUT2D eigenvalue weighted by Crippen LogP contribution is 2.33. The molecule has 0 aliphatic heterocycles. The van der Waals surface area contributed by atoms with Crippen LogP contribution >= 0.6 is 0 Å². The van der Waals surface area contributed by atoms with Gasteiger partial charge in [0, 0.05) is 20.3 Å². The van der Waals surface area contributed by atoms with E-state index in [1.54, 1.807) is 7.11 Å². The molecule has 1 aliphatic rings. The van der Waals surface area contributed by atoms with Crippen LogP contribution in [0.25, 0.3) is 0 Å². The van der Waals surface area contributed by atoms with E-state index in [4.69, 9.17) is 10.6 Å². The Morgan fingerprint density at radius 2 is 2.20 bits per heavy atom. The highest BCUT2D eigenvalue weighted by atomic mass is 16.5. The van der Waals surface area contributed by atoms with Gasteiger partial charge in [-0.05, 0) is 24.7 Å². The molecule has 3 heteroatoms. The zero-order valence-electron chi connectivity index (χ0n) is 6.47. The molecule has 0 bridgehead atoms. The topological polar surface area (TPSA) is 47.3 Å². The number of ether oxygens (including phenoxy) is 1. The van der Waals surface area contributed by atoms with Gasteiger partial charge in [-0.15, -0.1) is 0 Å². The maximum atomic E-state index is 5.21. The summed E-state index contributed by atoms with van der Waals surface area (Å²) >= 11 is 0. The Bertz CT molecular complexity index is 85.6. The first-order chi connectivity index (χ1) is 4.88. The Morgan fingerprint density at radius 1 is 1.50 bits per heavy atom. The molecule has 0 unspecified atom stereocenters. The van der Waals surface area contributed by atoms with Crippen molar-refractivity contribution >= 4 is 0 Å². The van der Waals surface area contributed by atoms with Crippen molar-refractivity contribution in [3.63, 3.8) is 0 Å². The van der Waals surface area contributed by atoms with Crippen LogP contribution in [0.3, 0.4) is 0 Å². The van der Waals surface area contributed by atoms with Gasteiger partial charge < -0.3 is 4.74 Å². The molecule has 10 heavy (non-hydrogen) atoms. The maximum absolute atomic E-state index is 5.21. The van der Waals surface area contributed by atoms with E-state index >= 15 is 0 Å². The van der Waals surface area contributed by atoms with E-state index < -0.39 is 0 Å². The van der Waals surface area contributed by atoms with Crippen molar-refractivity contribution in [1.29, 1.82) is 0 Å².